The third kappa shape index (κ3) is 3.07. The molecule has 0 aliphatic carbocycles. The summed E-state index contributed by atoms with van der Waals surface area (Å²) in [6.45, 7) is 11.4. The fourth-order valence-corrected chi connectivity index (χ4v) is 5.68. The van der Waals surface area contributed by atoms with Gasteiger partial charge in [-0.15, -0.1) is 0 Å². The molecule has 34 heavy (non-hydrogen) atoms. The molecule has 0 N–H and O–H groups in total. The van der Waals surface area contributed by atoms with Crippen molar-refractivity contribution < 1.29 is 0 Å². The molecule has 0 atom stereocenters. The third-order valence-corrected chi connectivity index (χ3v) is 7.29. The van der Waals surface area contributed by atoms with Gasteiger partial charge in [-0.05, 0) is 80.7 Å². The monoisotopic (exact) mass is 441 g/mol. The van der Waals surface area contributed by atoms with Gasteiger partial charge in [-0.2, -0.15) is 0 Å². The summed E-state index contributed by atoms with van der Waals surface area (Å²) in [4.78, 5) is 2.48. The van der Waals surface area contributed by atoms with Crippen LogP contribution in [0.5, 0.6) is 0 Å². The Balaban J connectivity index is 1.65. The molecule has 0 amide bonds. The van der Waals surface area contributed by atoms with Crippen LogP contribution in [0.15, 0.2) is 91.0 Å². The molecule has 0 heterocycles. The minimum atomic E-state index is 0.149. The van der Waals surface area contributed by atoms with Crippen molar-refractivity contribution in [2.45, 2.75) is 46.1 Å². The second-order valence-corrected chi connectivity index (χ2v) is 10.8. The second-order valence-electron chi connectivity index (χ2n) is 10.8. The molecular weight excluding hydrogens is 410 g/mol. The van der Waals surface area contributed by atoms with Crippen molar-refractivity contribution in [3.63, 3.8) is 0 Å². The van der Waals surface area contributed by atoms with E-state index in [1.165, 1.54) is 60.0 Å². The quantitative estimate of drug-likeness (QED) is 0.195. The first kappa shape index (κ1) is 21.0. The van der Waals surface area contributed by atoms with Gasteiger partial charge >= 0.3 is 0 Å². The van der Waals surface area contributed by atoms with Gasteiger partial charge < -0.3 is 4.90 Å². The summed E-state index contributed by atoms with van der Waals surface area (Å²) in [5.74, 6) is 0. The lowest BCUT2D eigenvalue weighted by Crippen LogP contribution is -2.25. The zero-order valence-electron chi connectivity index (χ0n) is 20.7. The SMILES string of the molecule is CC(C)N(c1ccc(C(C)(C)C)cc1)c1ccc2c3cccc4cccc(c5cccc1c52)c43. The maximum absolute atomic E-state index is 2.48. The van der Waals surface area contributed by atoms with Crippen LogP contribution >= 0.6 is 0 Å². The second kappa shape index (κ2) is 7.46. The van der Waals surface area contributed by atoms with Crippen molar-refractivity contribution in [3.8, 4) is 0 Å². The highest BCUT2D eigenvalue weighted by molar-refractivity contribution is 6.34. The smallest absolute Gasteiger partial charge is 0.0493 e. The Morgan fingerprint density at radius 3 is 1.68 bits per heavy atom. The molecule has 6 aromatic carbocycles. The van der Waals surface area contributed by atoms with Crippen molar-refractivity contribution in [1.29, 1.82) is 0 Å². The molecule has 6 aromatic rings. The van der Waals surface area contributed by atoms with Gasteiger partial charge in [0.15, 0.2) is 0 Å². The summed E-state index contributed by atoms with van der Waals surface area (Å²) in [6, 6.07) is 34.3. The zero-order valence-corrected chi connectivity index (χ0v) is 20.7. The van der Waals surface area contributed by atoms with E-state index in [0.717, 1.165) is 0 Å². The van der Waals surface area contributed by atoms with Crippen molar-refractivity contribution >= 4 is 54.5 Å². The Labute approximate surface area is 202 Å². The summed E-state index contributed by atoms with van der Waals surface area (Å²) < 4.78 is 0. The highest BCUT2D eigenvalue weighted by atomic mass is 15.2. The standard InChI is InChI=1S/C33H31N/c1-21(2)34(24-17-15-23(16-18-24)33(3,4)5)30-20-19-28-26-12-7-10-22-9-6-11-25(31(22)26)27-13-8-14-29(30)32(27)28/h6-21H,1-5H3. The number of benzene rings is 6. The van der Waals surface area contributed by atoms with Crippen LogP contribution in [-0.4, -0.2) is 6.04 Å². The summed E-state index contributed by atoms with van der Waals surface area (Å²) >= 11 is 0. The van der Waals surface area contributed by atoms with E-state index in [0.29, 0.717) is 6.04 Å². The number of fused-ring (bicyclic) bond motifs is 2. The highest BCUT2D eigenvalue weighted by Gasteiger charge is 2.21. The van der Waals surface area contributed by atoms with Crippen LogP contribution in [0.2, 0.25) is 0 Å². The van der Waals surface area contributed by atoms with Gasteiger partial charge in [0.1, 0.15) is 0 Å². The minimum Gasteiger partial charge on any atom is -0.338 e. The molecule has 0 aromatic heterocycles. The highest BCUT2D eigenvalue weighted by Crippen LogP contribution is 2.44. The van der Waals surface area contributed by atoms with E-state index in [4.69, 9.17) is 0 Å². The Hall–Kier alpha value is -3.58. The topological polar surface area (TPSA) is 3.24 Å². The normalized spacial score (nSPS) is 12.5. The minimum absolute atomic E-state index is 0.149. The van der Waals surface area contributed by atoms with Crippen LogP contribution in [-0.2, 0) is 5.41 Å². The van der Waals surface area contributed by atoms with Crippen LogP contribution in [0.4, 0.5) is 11.4 Å². The van der Waals surface area contributed by atoms with Crippen molar-refractivity contribution in [2.24, 2.45) is 0 Å². The van der Waals surface area contributed by atoms with Crippen molar-refractivity contribution in [1.82, 2.24) is 0 Å². The summed E-state index contributed by atoms with van der Waals surface area (Å²) in [5, 5.41) is 10.7. The maximum atomic E-state index is 2.48. The molecule has 0 fully saturated rings. The average Bonchev–Trinajstić information content (AvgIpc) is 2.82. The number of hydrogen-bond acceptors (Lipinski definition) is 1. The molecule has 6 rings (SSSR count). The first-order valence-electron chi connectivity index (χ1n) is 12.3. The number of rotatable bonds is 3. The molecule has 0 bridgehead atoms. The van der Waals surface area contributed by atoms with E-state index < -0.39 is 0 Å². The van der Waals surface area contributed by atoms with Crippen LogP contribution in [0.25, 0.3) is 43.1 Å². The van der Waals surface area contributed by atoms with E-state index in [1.54, 1.807) is 0 Å². The fourth-order valence-electron chi connectivity index (χ4n) is 5.68. The first-order valence-corrected chi connectivity index (χ1v) is 12.3. The number of hydrogen-bond donors (Lipinski definition) is 0. The van der Waals surface area contributed by atoms with Gasteiger partial charge in [-0.3, -0.25) is 0 Å². The van der Waals surface area contributed by atoms with E-state index in [1.807, 2.05) is 0 Å². The molecule has 0 aliphatic heterocycles. The predicted octanol–water partition coefficient (Wildman–Crippen LogP) is 9.58. The van der Waals surface area contributed by atoms with Crippen LogP contribution in [0, 0.1) is 0 Å². The fraction of sp³-hybridized carbons (Fsp3) is 0.212. The van der Waals surface area contributed by atoms with E-state index in [-0.39, 0.29) is 5.41 Å². The van der Waals surface area contributed by atoms with Gasteiger partial charge in [0.2, 0.25) is 0 Å². The molecule has 1 nitrogen and oxygen atoms in total. The summed E-state index contributed by atoms with van der Waals surface area (Å²) in [6.07, 6.45) is 0. The molecule has 168 valence electrons. The molecule has 0 spiro atoms. The largest absolute Gasteiger partial charge is 0.338 e. The van der Waals surface area contributed by atoms with Crippen LogP contribution in [0.1, 0.15) is 40.2 Å². The van der Waals surface area contributed by atoms with E-state index in [2.05, 4.69) is 131 Å². The average molecular weight is 442 g/mol. The molecule has 0 saturated heterocycles. The lowest BCUT2D eigenvalue weighted by molar-refractivity contribution is 0.590. The van der Waals surface area contributed by atoms with Crippen molar-refractivity contribution in [2.75, 3.05) is 4.90 Å². The Morgan fingerprint density at radius 1 is 0.559 bits per heavy atom. The van der Waals surface area contributed by atoms with Crippen molar-refractivity contribution in [3.05, 3.63) is 96.6 Å². The number of nitrogens with zero attached hydrogens (tertiary/aromatic N) is 1. The van der Waals surface area contributed by atoms with Gasteiger partial charge in [0.05, 0.1) is 0 Å². The molecule has 0 aliphatic rings. The number of anilines is 2. The maximum Gasteiger partial charge on any atom is 0.0493 e. The third-order valence-electron chi connectivity index (χ3n) is 7.29. The Kier molecular flexibility index (Phi) is 4.61. The summed E-state index contributed by atoms with van der Waals surface area (Å²) in [7, 11) is 0. The summed E-state index contributed by atoms with van der Waals surface area (Å²) in [5.41, 5.74) is 4.02. The predicted molar refractivity (Wildman–Crippen MR) is 150 cm³/mol. The van der Waals surface area contributed by atoms with Crippen LogP contribution < -0.4 is 4.90 Å². The lowest BCUT2D eigenvalue weighted by atomic mass is 9.87. The van der Waals surface area contributed by atoms with E-state index >= 15 is 0 Å². The van der Waals surface area contributed by atoms with Gasteiger partial charge in [-0.1, -0.05) is 93.6 Å². The Morgan fingerprint density at radius 2 is 1.09 bits per heavy atom. The molecule has 1 heteroatoms. The van der Waals surface area contributed by atoms with Gasteiger partial charge in [-0.25, -0.2) is 0 Å². The molecule has 0 unspecified atom stereocenters. The lowest BCUT2D eigenvalue weighted by Gasteiger charge is -2.31. The van der Waals surface area contributed by atoms with Crippen LogP contribution in [0.3, 0.4) is 0 Å². The molecule has 0 saturated carbocycles. The first-order chi connectivity index (χ1) is 16.3. The zero-order chi connectivity index (χ0) is 23.6. The van der Waals surface area contributed by atoms with E-state index in [9.17, 15) is 0 Å². The van der Waals surface area contributed by atoms with Gasteiger partial charge in [0, 0.05) is 22.8 Å². The molecule has 0 radical (unpaired) electrons. The Bertz CT molecular complexity index is 1600. The molecular formula is C33H31N. The van der Waals surface area contributed by atoms with Gasteiger partial charge in [0.25, 0.3) is 0 Å².